The van der Waals surface area contributed by atoms with Gasteiger partial charge in [-0.3, -0.25) is 9.59 Å². The predicted octanol–water partition coefficient (Wildman–Crippen LogP) is 5.10. The van der Waals surface area contributed by atoms with Gasteiger partial charge in [0.25, 0.3) is 11.7 Å². The van der Waals surface area contributed by atoms with Gasteiger partial charge in [0.2, 0.25) is 0 Å². The normalized spacial score (nSPS) is 16.9. The van der Waals surface area contributed by atoms with E-state index in [1.54, 1.807) is 54.6 Å². The summed E-state index contributed by atoms with van der Waals surface area (Å²) in [4.78, 5) is 27.8. The minimum atomic E-state index is -0.865. The van der Waals surface area contributed by atoms with Crippen LogP contribution in [0.15, 0.2) is 70.9 Å². The van der Waals surface area contributed by atoms with Gasteiger partial charge in [0.15, 0.2) is 11.5 Å². The molecule has 2 aromatic carbocycles. The second kappa shape index (κ2) is 11.0. The van der Waals surface area contributed by atoms with Crippen LogP contribution in [0.5, 0.6) is 17.2 Å². The van der Waals surface area contributed by atoms with E-state index in [0.717, 1.165) is 12.8 Å². The third-order valence-corrected chi connectivity index (χ3v) is 6.07. The molecule has 0 radical (unpaired) electrons. The number of furan rings is 1. The van der Waals surface area contributed by atoms with Crippen LogP contribution in [0.2, 0.25) is 0 Å². The Morgan fingerprint density at radius 2 is 1.81 bits per heavy atom. The molecule has 0 bridgehead atoms. The third kappa shape index (κ3) is 4.93. The fraction of sp³-hybridized carbons (Fsp3) is 0.286. The molecular weight excluding hydrogens is 462 g/mol. The summed E-state index contributed by atoms with van der Waals surface area (Å²) < 4.78 is 22.0. The van der Waals surface area contributed by atoms with Crippen LogP contribution in [0.4, 0.5) is 0 Å². The van der Waals surface area contributed by atoms with E-state index in [1.165, 1.54) is 25.4 Å². The summed E-state index contributed by atoms with van der Waals surface area (Å²) in [5.41, 5.74) is 0.970. The number of likely N-dealkylation sites (tertiary alicyclic amines) is 1. The second-order valence-corrected chi connectivity index (χ2v) is 8.35. The summed E-state index contributed by atoms with van der Waals surface area (Å²) >= 11 is 0. The second-order valence-electron chi connectivity index (χ2n) is 8.35. The topological polar surface area (TPSA) is 98.4 Å². The van der Waals surface area contributed by atoms with E-state index in [-0.39, 0.29) is 17.9 Å². The lowest BCUT2D eigenvalue weighted by Gasteiger charge is -2.25. The average molecular weight is 492 g/mol. The average Bonchev–Trinajstić information content (AvgIpc) is 3.51. The van der Waals surface area contributed by atoms with Gasteiger partial charge in [0.05, 0.1) is 45.2 Å². The molecular formula is C28H29NO7. The highest BCUT2D eigenvalue weighted by Crippen LogP contribution is 2.42. The molecule has 36 heavy (non-hydrogen) atoms. The highest BCUT2D eigenvalue weighted by Gasteiger charge is 2.46. The summed E-state index contributed by atoms with van der Waals surface area (Å²) in [6.07, 6.45) is 3.40. The number of ketones is 1. The number of hydrogen-bond acceptors (Lipinski definition) is 7. The Bertz CT molecular complexity index is 1250. The number of unbranched alkanes of at least 4 members (excludes halogenated alkanes) is 1. The van der Waals surface area contributed by atoms with Crippen LogP contribution in [0.25, 0.3) is 5.76 Å². The van der Waals surface area contributed by atoms with Crippen LogP contribution in [0.1, 0.15) is 42.7 Å². The van der Waals surface area contributed by atoms with Crippen LogP contribution in [0, 0.1) is 0 Å². The molecule has 0 saturated carbocycles. The van der Waals surface area contributed by atoms with Gasteiger partial charge in [0.1, 0.15) is 17.3 Å². The molecule has 1 aromatic heterocycles. The van der Waals surface area contributed by atoms with Crippen molar-refractivity contribution in [2.75, 3.05) is 20.8 Å². The highest BCUT2D eigenvalue weighted by atomic mass is 16.5. The van der Waals surface area contributed by atoms with E-state index in [1.807, 2.05) is 0 Å². The Kier molecular flexibility index (Phi) is 7.63. The molecule has 1 aliphatic heterocycles. The zero-order valence-corrected chi connectivity index (χ0v) is 20.5. The van der Waals surface area contributed by atoms with Crippen molar-refractivity contribution in [3.8, 4) is 17.2 Å². The van der Waals surface area contributed by atoms with Crippen LogP contribution >= 0.6 is 0 Å². The summed E-state index contributed by atoms with van der Waals surface area (Å²) in [6.45, 7) is 2.67. The maximum absolute atomic E-state index is 13.2. The van der Waals surface area contributed by atoms with Gasteiger partial charge in [-0.25, -0.2) is 0 Å². The molecule has 1 fully saturated rings. The zero-order chi connectivity index (χ0) is 25.7. The summed E-state index contributed by atoms with van der Waals surface area (Å²) in [5, 5.41) is 11.2. The van der Waals surface area contributed by atoms with Gasteiger partial charge < -0.3 is 28.6 Å². The number of nitrogens with zero attached hydrogens (tertiary/aromatic N) is 1. The van der Waals surface area contributed by atoms with E-state index >= 15 is 0 Å². The van der Waals surface area contributed by atoms with E-state index in [2.05, 4.69) is 6.92 Å². The van der Waals surface area contributed by atoms with Gasteiger partial charge in [-0.05, 0) is 60.5 Å². The molecule has 1 amide bonds. The Hall–Kier alpha value is -4.20. The highest BCUT2D eigenvalue weighted by molar-refractivity contribution is 6.46. The largest absolute Gasteiger partial charge is 0.507 e. The molecule has 1 unspecified atom stereocenters. The molecule has 8 nitrogen and oxygen atoms in total. The number of benzene rings is 2. The summed E-state index contributed by atoms with van der Waals surface area (Å²) in [6, 6.07) is 14.5. The Morgan fingerprint density at radius 3 is 2.44 bits per heavy atom. The van der Waals surface area contributed by atoms with E-state index in [4.69, 9.17) is 18.6 Å². The monoisotopic (exact) mass is 491 g/mol. The lowest BCUT2D eigenvalue weighted by molar-refractivity contribution is -0.140. The fourth-order valence-corrected chi connectivity index (χ4v) is 4.16. The first-order valence-electron chi connectivity index (χ1n) is 11.7. The number of ether oxygens (including phenoxy) is 3. The number of amides is 1. The third-order valence-electron chi connectivity index (χ3n) is 6.07. The molecule has 8 heteroatoms. The lowest BCUT2D eigenvalue weighted by Crippen LogP contribution is -2.29. The number of aliphatic hydroxyl groups is 1. The molecule has 1 aliphatic rings. The SMILES string of the molecule is CCCCOc1ccc(C2/C(=C(\O)c3ccc(OC)cc3)C(=O)C(=O)N2Cc2ccco2)cc1OC. The van der Waals surface area contributed by atoms with Gasteiger partial charge in [-0.15, -0.1) is 0 Å². The number of Topliss-reactive ketones (excluding diaryl/α,β-unsaturated/α-hetero) is 1. The van der Waals surface area contributed by atoms with Crippen molar-refractivity contribution in [3.63, 3.8) is 0 Å². The first-order valence-corrected chi connectivity index (χ1v) is 11.7. The molecule has 4 rings (SSSR count). The van der Waals surface area contributed by atoms with Gasteiger partial charge >= 0.3 is 0 Å². The number of rotatable bonds is 10. The quantitative estimate of drug-likeness (QED) is 0.182. The van der Waals surface area contributed by atoms with E-state index in [9.17, 15) is 14.7 Å². The summed E-state index contributed by atoms with van der Waals surface area (Å²) in [5.74, 6) is 0.369. The molecule has 0 aliphatic carbocycles. The van der Waals surface area contributed by atoms with E-state index in [0.29, 0.717) is 40.7 Å². The van der Waals surface area contributed by atoms with Crippen molar-refractivity contribution in [1.29, 1.82) is 0 Å². The molecule has 1 N–H and O–H groups in total. The molecule has 3 aromatic rings. The lowest BCUT2D eigenvalue weighted by atomic mass is 9.95. The van der Waals surface area contributed by atoms with Crippen molar-refractivity contribution in [2.45, 2.75) is 32.4 Å². The minimum Gasteiger partial charge on any atom is -0.507 e. The maximum atomic E-state index is 13.2. The molecule has 0 spiro atoms. The predicted molar refractivity (Wildman–Crippen MR) is 133 cm³/mol. The zero-order valence-electron chi connectivity index (χ0n) is 20.5. The van der Waals surface area contributed by atoms with Crippen LogP contribution < -0.4 is 14.2 Å². The first kappa shape index (κ1) is 24.9. The number of aliphatic hydroxyl groups excluding tert-OH is 1. The Balaban J connectivity index is 1.81. The van der Waals surface area contributed by atoms with Crippen molar-refractivity contribution in [1.82, 2.24) is 4.90 Å². The maximum Gasteiger partial charge on any atom is 0.296 e. The van der Waals surface area contributed by atoms with Gasteiger partial charge in [-0.2, -0.15) is 0 Å². The molecule has 1 atom stereocenters. The number of methoxy groups -OCH3 is 2. The Morgan fingerprint density at radius 1 is 1.03 bits per heavy atom. The molecule has 1 saturated heterocycles. The smallest absolute Gasteiger partial charge is 0.296 e. The van der Waals surface area contributed by atoms with Crippen LogP contribution in [0.3, 0.4) is 0 Å². The Labute approximate surface area is 209 Å². The molecule has 2 heterocycles. The summed E-state index contributed by atoms with van der Waals surface area (Å²) in [7, 11) is 3.07. The number of hydrogen-bond donors (Lipinski definition) is 1. The van der Waals surface area contributed by atoms with Gasteiger partial charge in [0, 0.05) is 5.56 Å². The minimum absolute atomic E-state index is 0.0153. The van der Waals surface area contributed by atoms with Crippen molar-refractivity contribution in [2.24, 2.45) is 0 Å². The van der Waals surface area contributed by atoms with Gasteiger partial charge in [-0.1, -0.05) is 19.4 Å². The molecule has 188 valence electrons. The first-order chi connectivity index (χ1) is 17.5. The standard InChI is InChI=1S/C28H29NO7/c1-4-5-14-36-22-13-10-19(16-23(22)34-3)25-24(26(30)18-8-11-20(33-2)12-9-18)27(31)28(32)29(25)17-21-7-6-15-35-21/h6-13,15-16,25,30H,4-5,14,17H2,1-3H3/b26-24+. The van der Waals surface area contributed by atoms with Crippen molar-refractivity contribution >= 4 is 17.4 Å². The van der Waals surface area contributed by atoms with Crippen LogP contribution in [-0.2, 0) is 16.1 Å². The van der Waals surface area contributed by atoms with Crippen molar-refractivity contribution in [3.05, 3.63) is 83.3 Å². The van der Waals surface area contributed by atoms with Crippen molar-refractivity contribution < 1.29 is 33.3 Å². The number of carbonyl (C=O) groups excluding carboxylic acids is 2. The fourth-order valence-electron chi connectivity index (χ4n) is 4.16. The van der Waals surface area contributed by atoms with E-state index < -0.39 is 17.7 Å². The van der Waals surface area contributed by atoms with Crippen LogP contribution in [-0.4, -0.2) is 42.5 Å². The number of carbonyl (C=O) groups is 2.